The summed E-state index contributed by atoms with van der Waals surface area (Å²) in [5, 5.41) is 3.41. The zero-order chi connectivity index (χ0) is 10.5. The summed E-state index contributed by atoms with van der Waals surface area (Å²) in [7, 11) is 4.07. The van der Waals surface area contributed by atoms with Crippen LogP contribution in [-0.4, -0.2) is 16.6 Å². The maximum Gasteiger partial charge on any atom is 0.0955 e. The summed E-state index contributed by atoms with van der Waals surface area (Å²) in [4.78, 5) is 4.39. The van der Waals surface area contributed by atoms with Gasteiger partial charge >= 0.3 is 0 Å². The molecule has 1 N–H and O–H groups in total. The van der Waals surface area contributed by atoms with Crippen molar-refractivity contribution < 1.29 is 0 Å². The Kier molecular flexibility index (Phi) is 1.68. The maximum atomic E-state index is 4.39. The Morgan fingerprint density at radius 3 is 2.87 bits per heavy atom. The van der Waals surface area contributed by atoms with Gasteiger partial charge in [-0.1, -0.05) is 6.07 Å². The first-order chi connectivity index (χ1) is 7.25. The van der Waals surface area contributed by atoms with E-state index in [4.69, 9.17) is 0 Å². The van der Waals surface area contributed by atoms with Crippen molar-refractivity contribution in [2.24, 2.45) is 7.05 Å². The van der Waals surface area contributed by atoms with Crippen LogP contribution in [0, 0.1) is 0 Å². The molecule has 15 heavy (non-hydrogen) atoms. The van der Waals surface area contributed by atoms with Crippen LogP contribution in [0.5, 0.6) is 0 Å². The van der Waals surface area contributed by atoms with Crippen molar-refractivity contribution in [3.63, 3.8) is 0 Å². The van der Waals surface area contributed by atoms with Crippen molar-refractivity contribution in [1.82, 2.24) is 14.9 Å². The van der Waals surface area contributed by atoms with Crippen LogP contribution in [0.1, 0.15) is 18.4 Å². The molecule has 78 valence electrons. The Hall–Kier alpha value is -1.35. The highest BCUT2D eigenvalue weighted by Gasteiger charge is 2.42. The topological polar surface area (TPSA) is 29.9 Å². The van der Waals surface area contributed by atoms with Crippen LogP contribution in [0.15, 0.2) is 24.5 Å². The molecule has 1 aromatic carbocycles. The van der Waals surface area contributed by atoms with Crippen LogP contribution < -0.4 is 5.32 Å². The Balaban J connectivity index is 2.14. The third-order valence-electron chi connectivity index (χ3n) is 3.51. The highest BCUT2D eigenvalue weighted by molar-refractivity contribution is 5.76. The molecule has 3 rings (SSSR count). The van der Waals surface area contributed by atoms with Crippen molar-refractivity contribution in [1.29, 1.82) is 0 Å². The van der Waals surface area contributed by atoms with E-state index in [0.717, 1.165) is 5.52 Å². The number of aryl methyl sites for hydroxylation is 1. The van der Waals surface area contributed by atoms with Crippen molar-refractivity contribution in [2.45, 2.75) is 18.4 Å². The lowest BCUT2D eigenvalue weighted by molar-refractivity contribution is 0.586. The smallest absolute Gasteiger partial charge is 0.0955 e. The molecule has 1 aliphatic rings. The summed E-state index contributed by atoms with van der Waals surface area (Å²) in [6.07, 6.45) is 4.34. The quantitative estimate of drug-likeness (QED) is 0.802. The van der Waals surface area contributed by atoms with E-state index < -0.39 is 0 Å². The Labute approximate surface area is 89.1 Å². The largest absolute Gasteiger partial charge is 0.334 e. The molecule has 0 atom stereocenters. The molecule has 0 unspecified atom stereocenters. The third kappa shape index (κ3) is 1.20. The van der Waals surface area contributed by atoms with Crippen LogP contribution in [0.3, 0.4) is 0 Å². The monoisotopic (exact) mass is 201 g/mol. The van der Waals surface area contributed by atoms with Crippen LogP contribution in [0.2, 0.25) is 0 Å². The molecule has 2 aromatic rings. The fourth-order valence-electron chi connectivity index (χ4n) is 2.24. The number of aromatic nitrogens is 2. The van der Waals surface area contributed by atoms with E-state index in [0.29, 0.717) is 0 Å². The molecule has 1 fully saturated rings. The summed E-state index contributed by atoms with van der Waals surface area (Å²) >= 11 is 0. The van der Waals surface area contributed by atoms with E-state index in [1.165, 1.54) is 23.9 Å². The van der Waals surface area contributed by atoms with E-state index >= 15 is 0 Å². The summed E-state index contributed by atoms with van der Waals surface area (Å²) in [5.74, 6) is 0. The molecule has 1 heterocycles. The summed E-state index contributed by atoms with van der Waals surface area (Å²) < 4.78 is 2.05. The highest BCUT2D eigenvalue weighted by Crippen LogP contribution is 2.45. The number of benzene rings is 1. The highest BCUT2D eigenvalue weighted by atomic mass is 15.0. The third-order valence-corrected chi connectivity index (χ3v) is 3.51. The maximum absolute atomic E-state index is 4.39. The summed E-state index contributed by atoms with van der Waals surface area (Å²) in [6.45, 7) is 0. The molecule has 0 bridgehead atoms. The van der Waals surface area contributed by atoms with E-state index in [1.807, 2.05) is 20.4 Å². The lowest BCUT2D eigenvalue weighted by Gasteiger charge is -2.14. The second-order valence-corrected chi connectivity index (χ2v) is 4.39. The number of nitrogens with one attached hydrogen (secondary N) is 1. The van der Waals surface area contributed by atoms with Crippen molar-refractivity contribution in [3.05, 3.63) is 30.1 Å². The molecule has 0 amide bonds. The van der Waals surface area contributed by atoms with Gasteiger partial charge in [-0.2, -0.15) is 0 Å². The predicted molar refractivity (Wildman–Crippen MR) is 60.7 cm³/mol. The molecule has 0 saturated heterocycles. The molecular weight excluding hydrogens is 186 g/mol. The number of imidazole rings is 1. The predicted octanol–water partition coefficient (Wildman–Crippen LogP) is 1.78. The number of fused-ring (bicyclic) bond motifs is 1. The summed E-state index contributed by atoms with van der Waals surface area (Å²) in [6, 6.07) is 6.58. The van der Waals surface area contributed by atoms with Crippen LogP contribution in [-0.2, 0) is 12.6 Å². The van der Waals surface area contributed by atoms with E-state index in [-0.39, 0.29) is 5.54 Å². The molecule has 1 saturated carbocycles. The number of rotatable bonds is 2. The Bertz CT molecular complexity index is 509. The standard InChI is InChI=1S/C12H15N3/c1-13-12(5-6-12)9-3-4-11-10(7-9)14-8-15(11)2/h3-4,7-8,13H,5-6H2,1-2H3. The fourth-order valence-corrected chi connectivity index (χ4v) is 2.24. The Morgan fingerprint density at radius 2 is 2.20 bits per heavy atom. The van der Waals surface area contributed by atoms with Crippen LogP contribution in [0.25, 0.3) is 11.0 Å². The first-order valence-corrected chi connectivity index (χ1v) is 5.36. The van der Waals surface area contributed by atoms with E-state index in [9.17, 15) is 0 Å². The molecule has 1 aliphatic carbocycles. The van der Waals surface area contributed by atoms with Crippen molar-refractivity contribution in [3.8, 4) is 0 Å². The van der Waals surface area contributed by atoms with E-state index in [2.05, 4.69) is 33.1 Å². The fraction of sp³-hybridized carbons (Fsp3) is 0.417. The van der Waals surface area contributed by atoms with E-state index in [1.54, 1.807) is 0 Å². The minimum Gasteiger partial charge on any atom is -0.334 e. The zero-order valence-electron chi connectivity index (χ0n) is 9.12. The number of hydrogen-bond acceptors (Lipinski definition) is 2. The Morgan fingerprint density at radius 1 is 1.40 bits per heavy atom. The second-order valence-electron chi connectivity index (χ2n) is 4.39. The first-order valence-electron chi connectivity index (χ1n) is 5.36. The van der Waals surface area contributed by atoms with Gasteiger partial charge in [0.2, 0.25) is 0 Å². The van der Waals surface area contributed by atoms with Gasteiger partial charge in [0.25, 0.3) is 0 Å². The molecule has 0 aliphatic heterocycles. The number of nitrogens with zero attached hydrogens (tertiary/aromatic N) is 2. The lowest BCUT2D eigenvalue weighted by atomic mass is 10.0. The molecule has 0 radical (unpaired) electrons. The zero-order valence-corrected chi connectivity index (χ0v) is 9.12. The van der Waals surface area contributed by atoms with Gasteiger partial charge in [0.05, 0.1) is 17.4 Å². The van der Waals surface area contributed by atoms with Gasteiger partial charge in [-0.25, -0.2) is 4.98 Å². The van der Waals surface area contributed by atoms with Crippen molar-refractivity contribution >= 4 is 11.0 Å². The molecule has 3 nitrogen and oxygen atoms in total. The first kappa shape index (κ1) is 8.92. The van der Waals surface area contributed by atoms with Gasteiger partial charge in [-0.05, 0) is 37.6 Å². The van der Waals surface area contributed by atoms with Gasteiger partial charge in [0.15, 0.2) is 0 Å². The van der Waals surface area contributed by atoms with Gasteiger partial charge in [0.1, 0.15) is 0 Å². The van der Waals surface area contributed by atoms with Crippen LogP contribution >= 0.6 is 0 Å². The summed E-state index contributed by atoms with van der Waals surface area (Å²) in [5.41, 5.74) is 3.91. The molecule has 3 heteroatoms. The van der Waals surface area contributed by atoms with Gasteiger partial charge in [-0.15, -0.1) is 0 Å². The second kappa shape index (κ2) is 2.83. The van der Waals surface area contributed by atoms with Gasteiger partial charge in [-0.3, -0.25) is 0 Å². The number of hydrogen-bond donors (Lipinski definition) is 1. The molecule has 0 spiro atoms. The molecular formula is C12H15N3. The molecule has 1 aromatic heterocycles. The average Bonchev–Trinajstić information content (AvgIpc) is 2.99. The average molecular weight is 201 g/mol. The minimum atomic E-state index is 0.242. The SMILES string of the molecule is CNC1(c2ccc3c(c2)ncn3C)CC1. The van der Waals surface area contributed by atoms with Gasteiger partial charge in [0, 0.05) is 12.6 Å². The van der Waals surface area contributed by atoms with Gasteiger partial charge < -0.3 is 9.88 Å². The lowest BCUT2D eigenvalue weighted by Crippen LogP contribution is -2.24. The minimum absolute atomic E-state index is 0.242. The van der Waals surface area contributed by atoms with Crippen molar-refractivity contribution in [2.75, 3.05) is 7.05 Å². The van der Waals surface area contributed by atoms with Crippen LogP contribution in [0.4, 0.5) is 0 Å². The normalized spacial score (nSPS) is 18.3.